The van der Waals surface area contributed by atoms with Gasteiger partial charge in [-0.25, -0.2) is 0 Å². The van der Waals surface area contributed by atoms with E-state index in [1.807, 2.05) is 18.2 Å². The van der Waals surface area contributed by atoms with Crippen molar-refractivity contribution in [2.45, 2.75) is 31.8 Å². The second-order valence-corrected chi connectivity index (χ2v) is 4.22. The van der Waals surface area contributed by atoms with Gasteiger partial charge in [-0.05, 0) is 49.1 Å². The molecule has 0 unspecified atom stereocenters. The lowest BCUT2D eigenvalue weighted by atomic mass is 10.3. The third kappa shape index (κ3) is 2.29. The fourth-order valence-corrected chi connectivity index (χ4v) is 2.13. The van der Waals surface area contributed by atoms with Crippen molar-refractivity contribution in [3.63, 3.8) is 0 Å². The molecule has 17 heavy (non-hydrogen) atoms. The quantitative estimate of drug-likeness (QED) is 0.830. The van der Waals surface area contributed by atoms with Gasteiger partial charge in [-0.1, -0.05) is 4.85 Å². The molecule has 3 rings (SSSR count). The first-order chi connectivity index (χ1) is 7.83. The molecule has 1 fully saturated rings. The zero-order chi connectivity index (χ0) is 11.0. The zero-order valence-corrected chi connectivity index (χ0v) is 10.2. The van der Waals surface area contributed by atoms with E-state index in [-0.39, 0.29) is 18.5 Å². The van der Waals surface area contributed by atoms with Crippen LogP contribution in [-0.2, 0) is 0 Å². The third-order valence-corrected chi connectivity index (χ3v) is 2.99. The van der Waals surface area contributed by atoms with Crippen LogP contribution in [0.15, 0.2) is 18.2 Å². The summed E-state index contributed by atoms with van der Waals surface area (Å²) < 4.78 is 0. The van der Waals surface area contributed by atoms with E-state index in [1.54, 1.807) is 0 Å². The van der Waals surface area contributed by atoms with Crippen LogP contribution in [0.2, 0.25) is 0 Å². The Morgan fingerprint density at radius 1 is 1.29 bits per heavy atom. The molecule has 1 heterocycles. The Morgan fingerprint density at radius 3 is 2.82 bits per heavy atom. The smallest absolute Gasteiger partial charge is 0.132 e. The summed E-state index contributed by atoms with van der Waals surface area (Å²) in [5.74, 6) is 0. The zero-order valence-electron chi connectivity index (χ0n) is 9.37. The topological polar surface area (TPSA) is 66.0 Å². The van der Waals surface area contributed by atoms with Gasteiger partial charge in [-0.2, -0.15) is 0 Å². The summed E-state index contributed by atoms with van der Waals surface area (Å²) in [6, 6.07) is 5.51. The minimum Gasteiger partial charge on any atom is -0.399 e. The monoisotopic (exact) mass is 254 g/mol. The summed E-state index contributed by atoms with van der Waals surface area (Å²) in [7, 11) is 0. The van der Waals surface area contributed by atoms with Crippen molar-refractivity contribution in [2.24, 2.45) is 0 Å². The summed E-state index contributed by atoms with van der Waals surface area (Å²) in [5, 5.41) is 8.02. The summed E-state index contributed by atoms with van der Waals surface area (Å²) in [4.78, 5) is 7.27. The molecular formula is C11H15ClN4O. The molecule has 2 aromatic rings. The standard InChI is InChI=1S/C11H14N4O.ClH/c12-8-5-6-10-11(7-8)15(14-13-10)16-9-3-1-2-4-9;/h5-7,9H,1-4,12H2;1H. The molecule has 0 radical (unpaired) electrons. The minimum absolute atomic E-state index is 0. The Kier molecular flexibility index (Phi) is 3.38. The molecule has 1 aromatic carbocycles. The maximum atomic E-state index is 5.77. The average Bonchev–Trinajstić information content (AvgIpc) is 2.90. The fourth-order valence-electron chi connectivity index (χ4n) is 2.13. The Bertz CT molecular complexity index is 507. The number of nitrogens with zero attached hydrogens (tertiary/aromatic N) is 3. The Balaban J connectivity index is 0.00000108. The third-order valence-electron chi connectivity index (χ3n) is 2.99. The van der Waals surface area contributed by atoms with Crippen molar-refractivity contribution in [3.05, 3.63) is 18.2 Å². The van der Waals surface area contributed by atoms with E-state index >= 15 is 0 Å². The number of nitrogens with two attached hydrogens (primary N) is 1. The molecule has 1 aliphatic carbocycles. The average molecular weight is 255 g/mol. The highest BCUT2D eigenvalue weighted by atomic mass is 35.5. The maximum absolute atomic E-state index is 5.77. The van der Waals surface area contributed by atoms with Gasteiger partial charge in [0.15, 0.2) is 0 Å². The lowest BCUT2D eigenvalue weighted by Gasteiger charge is -2.11. The van der Waals surface area contributed by atoms with E-state index < -0.39 is 0 Å². The molecule has 2 N–H and O–H groups in total. The van der Waals surface area contributed by atoms with Crippen LogP contribution in [0.1, 0.15) is 25.7 Å². The van der Waals surface area contributed by atoms with E-state index in [0.717, 1.165) is 23.9 Å². The summed E-state index contributed by atoms with van der Waals surface area (Å²) in [6.07, 6.45) is 4.94. The van der Waals surface area contributed by atoms with Crippen LogP contribution < -0.4 is 10.6 Å². The highest BCUT2D eigenvalue weighted by Gasteiger charge is 2.18. The summed E-state index contributed by atoms with van der Waals surface area (Å²) in [5.41, 5.74) is 8.09. The van der Waals surface area contributed by atoms with Gasteiger partial charge in [0.2, 0.25) is 0 Å². The van der Waals surface area contributed by atoms with Crippen LogP contribution in [0, 0.1) is 0 Å². The minimum atomic E-state index is 0. The second kappa shape index (κ2) is 4.79. The van der Waals surface area contributed by atoms with Gasteiger partial charge in [0.05, 0.1) is 0 Å². The van der Waals surface area contributed by atoms with Gasteiger partial charge >= 0.3 is 0 Å². The molecule has 92 valence electrons. The first-order valence-electron chi connectivity index (χ1n) is 5.61. The Morgan fingerprint density at radius 2 is 2.06 bits per heavy atom. The van der Waals surface area contributed by atoms with E-state index in [0.29, 0.717) is 5.69 Å². The van der Waals surface area contributed by atoms with Gasteiger partial charge in [-0.3, -0.25) is 0 Å². The molecule has 0 amide bonds. The van der Waals surface area contributed by atoms with E-state index in [2.05, 4.69) is 10.3 Å². The second-order valence-electron chi connectivity index (χ2n) is 4.22. The van der Waals surface area contributed by atoms with Gasteiger partial charge in [0.1, 0.15) is 17.1 Å². The number of hydrogen-bond acceptors (Lipinski definition) is 4. The molecular weight excluding hydrogens is 240 g/mol. The highest BCUT2D eigenvalue weighted by Crippen LogP contribution is 2.20. The van der Waals surface area contributed by atoms with Crippen LogP contribution >= 0.6 is 12.4 Å². The molecule has 0 aliphatic heterocycles. The first-order valence-corrected chi connectivity index (χ1v) is 5.61. The summed E-state index contributed by atoms with van der Waals surface area (Å²) in [6.45, 7) is 0. The fraction of sp³-hybridized carbons (Fsp3) is 0.455. The molecule has 0 bridgehead atoms. The van der Waals surface area contributed by atoms with Crippen LogP contribution in [-0.4, -0.2) is 21.3 Å². The van der Waals surface area contributed by atoms with Gasteiger partial charge in [0, 0.05) is 5.69 Å². The number of halogens is 1. The van der Waals surface area contributed by atoms with Crippen molar-refractivity contribution in [1.82, 2.24) is 15.2 Å². The van der Waals surface area contributed by atoms with Crippen LogP contribution in [0.4, 0.5) is 5.69 Å². The van der Waals surface area contributed by atoms with E-state index in [1.165, 1.54) is 17.7 Å². The highest BCUT2D eigenvalue weighted by molar-refractivity contribution is 5.85. The van der Waals surface area contributed by atoms with Crippen molar-refractivity contribution in [3.8, 4) is 0 Å². The van der Waals surface area contributed by atoms with Crippen LogP contribution in [0.3, 0.4) is 0 Å². The van der Waals surface area contributed by atoms with Gasteiger partial charge in [-0.15, -0.1) is 17.5 Å². The first kappa shape index (κ1) is 12.0. The Labute approximate surface area is 105 Å². The summed E-state index contributed by atoms with van der Waals surface area (Å²) >= 11 is 0. The largest absolute Gasteiger partial charge is 0.399 e. The van der Waals surface area contributed by atoms with Crippen molar-refractivity contribution >= 4 is 29.1 Å². The van der Waals surface area contributed by atoms with E-state index in [9.17, 15) is 0 Å². The number of aromatic nitrogens is 3. The molecule has 1 aliphatic rings. The molecule has 1 aromatic heterocycles. The molecule has 0 atom stereocenters. The Hall–Kier alpha value is -1.49. The molecule has 1 saturated carbocycles. The molecule has 6 heteroatoms. The molecule has 0 spiro atoms. The maximum Gasteiger partial charge on any atom is 0.132 e. The lowest BCUT2D eigenvalue weighted by molar-refractivity contribution is 0.0239. The van der Waals surface area contributed by atoms with E-state index in [4.69, 9.17) is 10.6 Å². The van der Waals surface area contributed by atoms with Crippen LogP contribution in [0.5, 0.6) is 0 Å². The number of fused-ring (bicyclic) bond motifs is 1. The number of benzene rings is 1. The number of nitrogen functional groups attached to an aromatic ring is 1. The normalized spacial score (nSPS) is 16.0. The van der Waals surface area contributed by atoms with Crippen molar-refractivity contribution < 1.29 is 4.84 Å². The predicted octanol–water partition coefficient (Wildman–Crippen LogP) is 1.81. The van der Waals surface area contributed by atoms with Crippen molar-refractivity contribution in [1.29, 1.82) is 0 Å². The van der Waals surface area contributed by atoms with Crippen LogP contribution in [0.25, 0.3) is 11.0 Å². The number of anilines is 1. The SMILES string of the molecule is Cl.Nc1ccc2nnn(OC3CCCC3)c2c1. The molecule has 5 nitrogen and oxygen atoms in total. The van der Waals surface area contributed by atoms with Gasteiger partial charge in [0.25, 0.3) is 0 Å². The number of rotatable bonds is 2. The predicted molar refractivity (Wildman–Crippen MR) is 68.0 cm³/mol. The number of hydrogen-bond donors (Lipinski definition) is 1. The van der Waals surface area contributed by atoms with Crippen molar-refractivity contribution in [2.75, 3.05) is 5.73 Å². The molecule has 0 saturated heterocycles. The van der Waals surface area contributed by atoms with Gasteiger partial charge < -0.3 is 10.6 Å². The lowest BCUT2D eigenvalue weighted by Crippen LogP contribution is -2.23.